The summed E-state index contributed by atoms with van der Waals surface area (Å²) in [5, 5.41) is 2.60. The summed E-state index contributed by atoms with van der Waals surface area (Å²) in [7, 11) is -0.863. The first-order chi connectivity index (χ1) is 16.6. The van der Waals surface area contributed by atoms with Crippen molar-refractivity contribution >= 4 is 33.2 Å². The molecule has 3 aromatic rings. The largest absolute Gasteiger partial charge is 0.481 e. The quantitative estimate of drug-likeness (QED) is 0.469. The van der Waals surface area contributed by atoms with Crippen LogP contribution in [0.3, 0.4) is 0 Å². The molecule has 9 nitrogen and oxygen atoms in total. The lowest BCUT2D eigenvalue weighted by atomic mass is 10.0. The lowest BCUT2D eigenvalue weighted by Gasteiger charge is -2.23. The number of amides is 2. The molecule has 35 heavy (non-hydrogen) atoms. The highest BCUT2D eigenvalue weighted by atomic mass is 32.2. The number of carbonyl (C=O) groups is 2. The first kappa shape index (κ1) is 25.9. The Morgan fingerprint density at radius 1 is 1.03 bits per heavy atom. The van der Waals surface area contributed by atoms with Crippen molar-refractivity contribution in [2.75, 3.05) is 24.4 Å². The normalized spacial score (nSPS) is 12.0. The molecule has 0 aliphatic carbocycles. The Labute approximate surface area is 205 Å². The Kier molecular flexibility index (Phi) is 8.21. The number of nitrogens with zero attached hydrogens (tertiary/aromatic N) is 2. The second-order valence-electron chi connectivity index (χ2n) is 8.01. The molecule has 0 aliphatic heterocycles. The summed E-state index contributed by atoms with van der Waals surface area (Å²) in [6, 6.07) is 15.7. The topological polar surface area (TPSA) is 118 Å². The summed E-state index contributed by atoms with van der Waals surface area (Å²) in [5.41, 5.74) is 2.70. The molecule has 2 amide bonds. The number of methoxy groups -OCH3 is 1. The van der Waals surface area contributed by atoms with E-state index in [9.17, 15) is 18.0 Å². The number of ether oxygens (including phenoxy) is 1. The molecule has 0 spiro atoms. The maximum Gasteiger partial charge on any atom is 0.241 e. The number of anilines is 2. The van der Waals surface area contributed by atoms with Crippen molar-refractivity contribution in [1.82, 2.24) is 9.71 Å². The number of benzene rings is 2. The average Bonchev–Trinajstić information content (AvgIpc) is 2.83. The van der Waals surface area contributed by atoms with Crippen LogP contribution in [0.15, 0.2) is 71.8 Å². The lowest BCUT2D eigenvalue weighted by molar-refractivity contribution is -0.118. The van der Waals surface area contributed by atoms with Gasteiger partial charge < -0.3 is 15.0 Å². The van der Waals surface area contributed by atoms with E-state index in [1.165, 1.54) is 49.4 Å². The van der Waals surface area contributed by atoms with Crippen LogP contribution >= 0.6 is 0 Å². The van der Waals surface area contributed by atoms with Crippen LogP contribution in [0.5, 0.6) is 5.88 Å². The Balaban J connectivity index is 1.84. The maximum absolute atomic E-state index is 13.2. The fourth-order valence-corrected chi connectivity index (χ4v) is 4.57. The standard InChI is InChI=1S/C25H28N4O5S/c1-17-5-7-19(8-6-17)23(15-25(31)29(3)21-11-14-24(34-4)26-16-21)28-35(32,33)22-12-9-20(10-13-22)27-18(2)30/h5-14,16,23,28H,15H2,1-4H3,(H,27,30). The van der Waals surface area contributed by atoms with Crippen LogP contribution in [0.1, 0.15) is 30.5 Å². The van der Waals surface area contributed by atoms with Gasteiger partial charge in [0, 0.05) is 32.1 Å². The summed E-state index contributed by atoms with van der Waals surface area (Å²) in [4.78, 5) is 29.9. The van der Waals surface area contributed by atoms with Gasteiger partial charge in [-0.25, -0.2) is 18.1 Å². The zero-order chi connectivity index (χ0) is 25.6. The monoisotopic (exact) mass is 496 g/mol. The molecule has 184 valence electrons. The summed E-state index contributed by atoms with van der Waals surface area (Å²) < 4.78 is 34.0. The molecule has 1 heterocycles. The van der Waals surface area contributed by atoms with Gasteiger partial charge in [-0.05, 0) is 42.8 Å². The second kappa shape index (κ2) is 11.1. The van der Waals surface area contributed by atoms with Gasteiger partial charge in [0.1, 0.15) is 0 Å². The Morgan fingerprint density at radius 3 is 2.23 bits per heavy atom. The third-order valence-electron chi connectivity index (χ3n) is 5.33. The third-order valence-corrected chi connectivity index (χ3v) is 6.82. The fourth-order valence-electron chi connectivity index (χ4n) is 3.35. The molecule has 1 atom stereocenters. The fraction of sp³-hybridized carbons (Fsp3) is 0.240. The molecule has 2 aromatic carbocycles. The zero-order valence-electron chi connectivity index (χ0n) is 20.0. The van der Waals surface area contributed by atoms with Gasteiger partial charge in [-0.3, -0.25) is 9.59 Å². The third kappa shape index (κ3) is 6.87. The van der Waals surface area contributed by atoms with E-state index in [1.807, 2.05) is 19.1 Å². The number of hydrogen-bond acceptors (Lipinski definition) is 6. The van der Waals surface area contributed by atoms with E-state index in [2.05, 4.69) is 15.0 Å². The van der Waals surface area contributed by atoms with E-state index in [-0.39, 0.29) is 23.1 Å². The van der Waals surface area contributed by atoms with Crippen LogP contribution in [0, 0.1) is 6.92 Å². The van der Waals surface area contributed by atoms with E-state index in [0.717, 1.165) is 5.56 Å². The SMILES string of the molecule is COc1ccc(N(C)C(=O)CC(NS(=O)(=O)c2ccc(NC(C)=O)cc2)c2ccc(C)cc2)cn1. The number of rotatable bonds is 9. The van der Waals surface area contributed by atoms with E-state index < -0.39 is 16.1 Å². The molecule has 0 radical (unpaired) electrons. The van der Waals surface area contributed by atoms with Gasteiger partial charge in [0.05, 0.1) is 29.9 Å². The van der Waals surface area contributed by atoms with E-state index in [4.69, 9.17) is 4.74 Å². The molecule has 0 bridgehead atoms. The zero-order valence-corrected chi connectivity index (χ0v) is 20.8. The van der Waals surface area contributed by atoms with Gasteiger partial charge >= 0.3 is 0 Å². The number of sulfonamides is 1. The Bertz CT molecular complexity index is 1270. The number of aromatic nitrogens is 1. The molecule has 3 rings (SSSR count). The van der Waals surface area contributed by atoms with Crippen molar-refractivity contribution in [3.8, 4) is 5.88 Å². The van der Waals surface area contributed by atoms with Crippen molar-refractivity contribution in [3.63, 3.8) is 0 Å². The summed E-state index contributed by atoms with van der Waals surface area (Å²) in [6.07, 6.45) is 1.40. The van der Waals surface area contributed by atoms with Crippen LogP contribution < -0.4 is 19.7 Å². The molecule has 2 N–H and O–H groups in total. The molecule has 0 fully saturated rings. The number of hydrogen-bond donors (Lipinski definition) is 2. The summed E-state index contributed by atoms with van der Waals surface area (Å²) in [6.45, 7) is 3.30. The minimum Gasteiger partial charge on any atom is -0.481 e. The van der Waals surface area contributed by atoms with E-state index >= 15 is 0 Å². The van der Waals surface area contributed by atoms with Crippen LogP contribution in [-0.2, 0) is 19.6 Å². The van der Waals surface area contributed by atoms with Gasteiger partial charge in [-0.1, -0.05) is 29.8 Å². The molecule has 1 aromatic heterocycles. The van der Waals surface area contributed by atoms with E-state index in [1.54, 1.807) is 31.3 Å². The smallest absolute Gasteiger partial charge is 0.241 e. The molecule has 0 saturated heterocycles. The highest BCUT2D eigenvalue weighted by molar-refractivity contribution is 7.89. The van der Waals surface area contributed by atoms with Crippen molar-refractivity contribution in [2.45, 2.75) is 31.2 Å². The van der Waals surface area contributed by atoms with Crippen LogP contribution in [-0.4, -0.2) is 39.4 Å². The molecular formula is C25H28N4O5S. The highest BCUT2D eigenvalue weighted by Crippen LogP contribution is 2.24. The van der Waals surface area contributed by atoms with Crippen LogP contribution in [0.25, 0.3) is 0 Å². The Morgan fingerprint density at radius 2 is 1.69 bits per heavy atom. The molecule has 0 saturated carbocycles. The first-order valence-corrected chi connectivity index (χ1v) is 12.3. The molecule has 0 aliphatic rings. The van der Waals surface area contributed by atoms with Crippen molar-refractivity contribution in [3.05, 3.63) is 78.0 Å². The number of aryl methyl sites for hydroxylation is 1. The minimum absolute atomic E-state index is 0.0175. The predicted molar refractivity (Wildman–Crippen MR) is 134 cm³/mol. The summed E-state index contributed by atoms with van der Waals surface area (Å²) >= 11 is 0. The van der Waals surface area contributed by atoms with Crippen molar-refractivity contribution in [2.24, 2.45) is 0 Å². The van der Waals surface area contributed by atoms with Crippen LogP contribution in [0.4, 0.5) is 11.4 Å². The maximum atomic E-state index is 13.2. The Hall–Kier alpha value is -3.76. The first-order valence-electron chi connectivity index (χ1n) is 10.8. The number of carbonyl (C=O) groups excluding carboxylic acids is 2. The van der Waals surface area contributed by atoms with Crippen molar-refractivity contribution < 1.29 is 22.7 Å². The molecule has 10 heteroatoms. The van der Waals surface area contributed by atoms with Gasteiger partial charge in [0.15, 0.2) is 0 Å². The second-order valence-corrected chi connectivity index (χ2v) is 9.72. The van der Waals surface area contributed by atoms with Gasteiger partial charge in [-0.15, -0.1) is 0 Å². The lowest BCUT2D eigenvalue weighted by Crippen LogP contribution is -2.34. The van der Waals surface area contributed by atoms with Gasteiger partial charge in [-0.2, -0.15) is 0 Å². The van der Waals surface area contributed by atoms with Gasteiger partial charge in [0.2, 0.25) is 27.7 Å². The minimum atomic E-state index is -3.97. The highest BCUT2D eigenvalue weighted by Gasteiger charge is 2.25. The van der Waals surface area contributed by atoms with E-state index in [0.29, 0.717) is 22.8 Å². The van der Waals surface area contributed by atoms with Crippen molar-refractivity contribution in [1.29, 1.82) is 0 Å². The average molecular weight is 497 g/mol. The number of pyridine rings is 1. The van der Waals surface area contributed by atoms with Crippen LogP contribution in [0.2, 0.25) is 0 Å². The van der Waals surface area contributed by atoms with Gasteiger partial charge in [0.25, 0.3) is 0 Å². The molecular weight excluding hydrogens is 468 g/mol. The summed E-state index contributed by atoms with van der Waals surface area (Å²) in [5.74, 6) is -0.136. The molecule has 1 unspecified atom stereocenters. The number of nitrogens with one attached hydrogen (secondary N) is 2. The predicted octanol–water partition coefficient (Wildman–Crippen LogP) is 3.43.